The summed E-state index contributed by atoms with van der Waals surface area (Å²) in [7, 11) is 0. The smallest absolute Gasteiger partial charge is 0.254 e. The van der Waals surface area contributed by atoms with Crippen LogP contribution in [-0.4, -0.2) is 40.5 Å². The highest BCUT2D eigenvalue weighted by atomic mass is 16.5. The van der Waals surface area contributed by atoms with Gasteiger partial charge in [0.05, 0.1) is 30.3 Å². The van der Waals surface area contributed by atoms with E-state index in [0.29, 0.717) is 36.2 Å². The fourth-order valence-corrected chi connectivity index (χ4v) is 3.88. The molecule has 1 N–H and O–H groups in total. The number of amides is 1. The maximum absolute atomic E-state index is 13.4. The zero-order chi connectivity index (χ0) is 21.1. The van der Waals surface area contributed by atoms with Gasteiger partial charge in [-0.1, -0.05) is 26.0 Å². The number of hydrogen-bond acceptors (Lipinski definition) is 4. The summed E-state index contributed by atoms with van der Waals surface area (Å²) in [6.07, 6.45) is 1.86. The minimum absolute atomic E-state index is 0.00526. The van der Waals surface area contributed by atoms with Crippen LogP contribution in [0.3, 0.4) is 0 Å². The number of rotatable bonds is 7. The van der Waals surface area contributed by atoms with Crippen LogP contribution in [0.1, 0.15) is 55.8 Å². The Morgan fingerprint density at radius 3 is 2.80 bits per heavy atom. The van der Waals surface area contributed by atoms with Crippen LogP contribution in [0.4, 0.5) is 0 Å². The molecule has 1 aliphatic heterocycles. The Morgan fingerprint density at radius 1 is 1.20 bits per heavy atom. The Hall–Kier alpha value is -3.02. The molecule has 3 aromatic rings. The topological polar surface area (TPSA) is 67.5 Å². The number of carbonyl (C=O) groups excluding carboxylic acids is 1. The molecule has 0 radical (unpaired) electrons. The van der Waals surface area contributed by atoms with Crippen LogP contribution in [-0.2, 0) is 0 Å². The number of nitrogens with one attached hydrogen (secondary N) is 1. The predicted molar refractivity (Wildman–Crippen MR) is 117 cm³/mol. The van der Waals surface area contributed by atoms with Crippen LogP contribution < -0.4 is 9.47 Å². The Labute approximate surface area is 177 Å². The molecule has 1 saturated heterocycles. The highest BCUT2D eigenvalue weighted by Gasteiger charge is 2.33. The van der Waals surface area contributed by atoms with Gasteiger partial charge in [0.2, 0.25) is 0 Å². The number of aromatic nitrogens is 2. The molecule has 2 heterocycles. The Balaban J connectivity index is 1.58. The summed E-state index contributed by atoms with van der Waals surface area (Å²) >= 11 is 0. The van der Waals surface area contributed by atoms with Crippen molar-refractivity contribution in [3.05, 3.63) is 53.9 Å². The van der Waals surface area contributed by atoms with Crippen molar-refractivity contribution in [1.29, 1.82) is 0 Å². The van der Waals surface area contributed by atoms with E-state index in [2.05, 4.69) is 18.8 Å². The van der Waals surface area contributed by atoms with Crippen LogP contribution in [0.2, 0.25) is 0 Å². The molecular formula is C24H29N3O3. The van der Waals surface area contributed by atoms with Crippen LogP contribution in [0.15, 0.2) is 42.5 Å². The number of imidazole rings is 1. The molecule has 158 valence electrons. The van der Waals surface area contributed by atoms with Crippen molar-refractivity contribution in [2.45, 2.75) is 39.7 Å². The predicted octanol–water partition coefficient (Wildman–Crippen LogP) is 4.97. The summed E-state index contributed by atoms with van der Waals surface area (Å²) in [5.41, 5.74) is 2.53. The number of fused-ring (bicyclic) bond motifs is 1. The molecule has 30 heavy (non-hydrogen) atoms. The van der Waals surface area contributed by atoms with Crippen molar-refractivity contribution in [3.8, 4) is 11.5 Å². The average Bonchev–Trinajstić information content (AvgIpc) is 3.39. The minimum atomic E-state index is -0.0442. The molecule has 0 spiro atoms. The third-order valence-corrected chi connectivity index (χ3v) is 5.30. The van der Waals surface area contributed by atoms with Crippen LogP contribution in [0.5, 0.6) is 11.5 Å². The zero-order valence-corrected chi connectivity index (χ0v) is 17.9. The Morgan fingerprint density at radius 2 is 2.03 bits per heavy atom. The standard InChI is InChI=1S/C24H29N3O3/c1-4-29-22-14-17(11-12-21(22)30-15-16(2)3)24(28)27-13-7-10-20(27)23-25-18-8-5-6-9-19(18)26-23/h5-6,8-9,11-12,14,16,20H,4,7,10,13,15H2,1-3H3,(H,25,26)/t20-/m1/s1. The number of nitrogens with zero attached hydrogens (tertiary/aromatic N) is 2. The van der Waals surface area contributed by atoms with Crippen molar-refractivity contribution < 1.29 is 14.3 Å². The number of para-hydroxylation sites is 2. The van der Waals surface area contributed by atoms with Crippen molar-refractivity contribution in [2.24, 2.45) is 5.92 Å². The van der Waals surface area contributed by atoms with Crippen molar-refractivity contribution >= 4 is 16.9 Å². The van der Waals surface area contributed by atoms with Gasteiger partial charge in [-0.15, -0.1) is 0 Å². The molecule has 1 atom stereocenters. The van der Waals surface area contributed by atoms with Gasteiger partial charge in [0.25, 0.3) is 5.91 Å². The second-order valence-electron chi connectivity index (χ2n) is 8.10. The fraction of sp³-hybridized carbons (Fsp3) is 0.417. The quantitative estimate of drug-likeness (QED) is 0.600. The van der Waals surface area contributed by atoms with Gasteiger partial charge in [-0.3, -0.25) is 4.79 Å². The van der Waals surface area contributed by atoms with Crippen LogP contribution in [0.25, 0.3) is 11.0 Å². The zero-order valence-electron chi connectivity index (χ0n) is 17.9. The first-order valence-corrected chi connectivity index (χ1v) is 10.7. The van der Waals surface area contributed by atoms with Crippen molar-refractivity contribution in [1.82, 2.24) is 14.9 Å². The summed E-state index contributed by atoms with van der Waals surface area (Å²) < 4.78 is 11.6. The Kier molecular flexibility index (Phi) is 5.93. The van der Waals surface area contributed by atoms with Gasteiger partial charge in [0, 0.05) is 12.1 Å². The first kappa shape index (κ1) is 20.3. The molecule has 1 aromatic heterocycles. The molecular weight excluding hydrogens is 378 g/mol. The van der Waals surface area contributed by atoms with Gasteiger partial charge in [0.15, 0.2) is 11.5 Å². The van der Waals surface area contributed by atoms with Gasteiger partial charge < -0.3 is 19.4 Å². The van der Waals surface area contributed by atoms with E-state index in [9.17, 15) is 4.79 Å². The SMILES string of the molecule is CCOc1cc(C(=O)N2CCC[C@@H]2c2nc3ccccc3[nH]2)ccc1OCC(C)C. The van der Waals surface area contributed by atoms with Gasteiger partial charge in [-0.2, -0.15) is 0 Å². The Bertz CT molecular complexity index is 994. The number of aromatic amines is 1. The fourth-order valence-electron chi connectivity index (χ4n) is 3.88. The first-order valence-electron chi connectivity index (χ1n) is 10.7. The number of likely N-dealkylation sites (tertiary alicyclic amines) is 1. The molecule has 1 fully saturated rings. The summed E-state index contributed by atoms with van der Waals surface area (Å²) in [5, 5.41) is 0. The molecule has 1 aliphatic rings. The highest BCUT2D eigenvalue weighted by molar-refractivity contribution is 5.95. The number of H-pyrrole nitrogens is 1. The lowest BCUT2D eigenvalue weighted by molar-refractivity contribution is 0.0730. The monoisotopic (exact) mass is 407 g/mol. The summed E-state index contributed by atoms with van der Waals surface area (Å²) in [5.74, 6) is 2.55. The molecule has 6 nitrogen and oxygen atoms in total. The highest BCUT2D eigenvalue weighted by Crippen LogP contribution is 2.35. The van der Waals surface area contributed by atoms with Gasteiger partial charge in [-0.05, 0) is 56.0 Å². The number of ether oxygens (including phenoxy) is 2. The molecule has 4 rings (SSSR count). The third kappa shape index (κ3) is 4.13. The minimum Gasteiger partial charge on any atom is -0.490 e. The maximum Gasteiger partial charge on any atom is 0.254 e. The van der Waals surface area contributed by atoms with E-state index >= 15 is 0 Å². The van der Waals surface area contributed by atoms with E-state index in [1.54, 1.807) is 6.07 Å². The number of carbonyl (C=O) groups is 1. The molecule has 0 saturated carbocycles. The lowest BCUT2D eigenvalue weighted by Crippen LogP contribution is -2.31. The van der Waals surface area contributed by atoms with E-state index in [1.807, 2.05) is 48.2 Å². The average molecular weight is 408 g/mol. The summed E-state index contributed by atoms with van der Waals surface area (Å²) in [4.78, 5) is 23.4. The van der Waals surface area contributed by atoms with Gasteiger partial charge >= 0.3 is 0 Å². The van der Waals surface area contributed by atoms with Gasteiger partial charge in [-0.25, -0.2) is 4.98 Å². The summed E-state index contributed by atoms with van der Waals surface area (Å²) in [6, 6.07) is 13.4. The summed E-state index contributed by atoms with van der Waals surface area (Å²) in [6.45, 7) is 7.97. The van der Waals surface area contributed by atoms with E-state index in [4.69, 9.17) is 14.5 Å². The molecule has 6 heteroatoms. The normalized spacial score (nSPS) is 16.4. The van der Waals surface area contributed by atoms with E-state index in [-0.39, 0.29) is 11.9 Å². The van der Waals surface area contributed by atoms with Gasteiger partial charge in [0.1, 0.15) is 5.82 Å². The van der Waals surface area contributed by atoms with E-state index < -0.39 is 0 Å². The first-order chi connectivity index (χ1) is 14.6. The molecule has 2 aromatic carbocycles. The molecule has 0 unspecified atom stereocenters. The number of benzene rings is 2. The van der Waals surface area contributed by atoms with E-state index in [1.165, 1.54) is 0 Å². The maximum atomic E-state index is 13.4. The third-order valence-electron chi connectivity index (χ3n) is 5.30. The number of hydrogen-bond donors (Lipinski definition) is 1. The second kappa shape index (κ2) is 8.78. The molecule has 1 amide bonds. The van der Waals surface area contributed by atoms with Crippen LogP contribution in [0, 0.1) is 5.92 Å². The van der Waals surface area contributed by atoms with E-state index in [0.717, 1.165) is 36.2 Å². The van der Waals surface area contributed by atoms with Crippen LogP contribution >= 0.6 is 0 Å². The lowest BCUT2D eigenvalue weighted by Gasteiger charge is -2.24. The van der Waals surface area contributed by atoms with Crippen molar-refractivity contribution in [2.75, 3.05) is 19.8 Å². The second-order valence-corrected chi connectivity index (χ2v) is 8.10. The van der Waals surface area contributed by atoms with Crippen molar-refractivity contribution in [3.63, 3.8) is 0 Å². The largest absolute Gasteiger partial charge is 0.490 e. The molecule has 0 bridgehead atoms. The molecule has 0 aliphatic carbocycles. The lowest BCUT2D eigenvalue weighted by atomic mass is 10.1.